The number of hydrogen-bond acceptors (Lipinski definition) is 4. The van der Waals surface area contributed by atoms with Crippen LogP contribution in [0, 0.1) is 11.3 Å². The molecule has 0 unspecified atom stereocenters. The van der Waals surface area contributed by atoms with E-state index in [1.54, 1.807) is 14.0 Å². The van der Waals surface area contributed by atoms with Crippen LogP contribution in [0.25, 0.3) is 0 Å². The van der Waals surface area contributed by atoms with Gasteiger partial charge in [-0.1, -0.05) is 0 Å². The van der Waals surface area contributed by atoms with Gasteiger partial charge in [0, 0.05) is 7.05 Å². The lowest BCUT2D eigenvalue weighted by Gasteiger charge is -1.98. The zero-order chi connectivity index (χ0) is 9.84. The molecule has 0 bridgehead atoms. The molecule has 0 atom stereocenters. The van der Waals surface area contributed by atoms with E-state index < -0.39 is 5.97 Å². The number of esters is 1. The minimum atomic E-state index is -0.507. The first-order chi connectivity index (χ1) is 6.20. The Morgan fingerprint density at radius 2 is 2.54 bits per heavy atom. The third-order valence-corrected chi connectivity index (χ3v) is 1.54. The van der Waals surface area contributed by atoms with E-state index in [1.165, 1.54) is 10.9 Å². The minimum Gasteiger partial charge on any atom is -0.462 e. The Balaban J connectivity index is 3.02. The number of hydrogen-bond donors (Lipinski definition) is 0. The number of aromatic nitrogens is 2. The second kappa shape index (κ2) is 3.72. The van der Waals surface area contributed by atoms with Gasteiger partial charge in [0.05, 0.1) is 12.8 Å². The van der Waals surface area contributed by atoms with Gasteiger partial charge < -0.3 is 4.74 Å². The van der Waals surface area contributed by atoms with Gasteiger partial charge in [0.15, 0.2) is 5.69 Å². The number of aryl methyl sites for hydroxylation is 1. The van der Waals surface area contributed by atoms with Gasteiger partial charge >= 0.3 is 5.97 Å². The van der Waals surface area contributed by atoms with Crippen molar-refractivity contribution in [1.29, 1.82) is 5.26 Å². The molecule has 0 radical (unpaired) electrons. The van der Waals surface area contributed by atoms with E-state index in [0.29, 0.717) is 6.61 Å². The Hall–Kier alpha value is -1.83. The highest BCUT2D eigenvalue weighted by atomic mass is 16.5. The molecule has 1 aromatic heterocycles. The molecule has 0 saturated carbocycles. The Labute approximate surface area is 75.5 Å². The third-order valence-electron chi connectivity index (χ3n) is 1.54. The lowest BCUT2D eigenvalue weighted by atomic mass is 10.2. The van der Waals surface area contributed by atoms with Gasteiger partial charge in [-0.2, -0.15) is 10.4 Å². The second-order valence-corrected chi connectivity index (χ2v) is 2.36. The Morgan fingerprint density at radius 1 is 1.85 bits per heavy atom. The predicted molar refractivity (Wildman–Crippen MR) is 43.9 cm³/mol. The van der Waals surface area contributed by atoms with Crippen molar-refractivity contribution in [2.24, 2.45) is 7.05 Å². The molecule has 0 aliphatic heterocycles. The molecule has 0 N–H and O–H groups in total. The van der Waals surface area contributed by atoms with Crippen LogP contribution in [0.3, 0.4) is 0 Å². The number of carbonyl (C=O) groups is 1. The van der Waals surface area contributed by atoms with Crippen LogP contribution in [0.1, 0.15) is 23.0 Å². The second-order valence-electron chi connectivity index (χ2n) is 2.36. The topological polar surface area (TPSA) is 67.9 Å². The fourth-order valence-electron chi connectivity index (χ4n) is 0.928. The predicted octanol–water partition coefficient (Wildman–Crippen LogP) is 0.468. The lowest BCUT2D eigenvalue weighted by molar-refractivity contribution is 0.0526. The van der Waals surface area contributed by atoms with Gasteiger partial charge in [0.1, 0.15) is 11.6 Å². The molecule has 0 aromatic carbocycles. The van der Waals surface area contributed by atoms with Gasteiger partial charge in [0.2, 0.25) is 0 Å². The van der Waals surface area contributed by atoms with Gasteiger partial charge in [-0.15, -0.1) is 0 Å². The zero-order valence-electron chi connectivity index (χ0n) is 7.44. The summed E-state index contributed by atoms with van der Waals surface area (Å²) in [6.07, 6.45) is 1.33. The molecule has 0 amide bonds. The first kappa shape index (κ1) is 9.26. The van der Waals surface area contributed by atoms with E-state index in [-0.39, 0.29) is 11.3 Å². The Bertz CT molecular complexity index is 362. The summed E-state index contributed by atoms with van der Waals surface area (Å²) in [5.74, 6) is -0.507. The highest BCUT2D eigenvalue weighted by Crippen LogP contribution is 2.07. The van der Waals surface area contributed by atoms with Crippen LogP contribution in [-0.4, -0.2) is 22.4 Å². The SMILES string of the molecule is CCOC(=O)c1cnn(C)c1C#N. The van der Waals surface area contributed by atoms with Gasteiger partial charge in [-0.3, -0.25) is 4.68 Å². The fraction of sp³-hybridized carbons (Fsp3) is 0.375. The molecular formula is C8H9N3O2. The van der Waals surface area contributed by atoms with Crippen molar-refractivity contribution in [3.8, 4) is 6.07 Å². The van der Waals surface area contributed by atoms with Crippen LogP contribution in [-0.2, 0) is 11.8 Å². The molecule has 1 heterocycles. The maximum absolute atomic E-state index is 11.2. The molecular weight excluding hydrogens is 170 g/mol. The molecule has 0 saturated heterocycles. The molecule has 0 aliphatic carbocycles. The summed E-state index contributed by atoms with van der Waals surface area (Å²) in [5, 5.41) is 12.5. The summed E-state index contributed by atoms with van der Waals surface area (Å²) in [5.41, 5.74) is 0.435. The summed E-state index contributed by atoms with van der Waals surface area (Å²) < 4.78 is 6.08. The van der Waals surface area contributed by atoms with Crippen molar-refractivity contribution < 1.29 is 9.53 Å². The quantitative estimate of drug-likeness (QED) is 0.619. The van der Waals surface area contributed by atoms with Crippen LogP contribution in [0.2, 0.25) is 0 Å². The smallest absolute Gasteiger partial charge is 0.342 e. The van der Waals surface area contributed by atoms with E-state index >= 15 is 0 Å². The number of carbonyl (C=O) groups excluding carboxylic acids is 1. The largest absolute Gasteiger partial charge is 0.462 e. The van der Waals surface area contributed by atoms with Crippen molar-refractivity contribution in [2.45, 2.75) is 6.92 Å². The van der Waals surface area contributed by atoms with Crippen molar-refractivity contribution in [3.63, 3.8) is 0 Å². The Morgan fingerprint density at radius 3 is 3.08 bits per heavy atom. The van der Waals surface area contributed by atoms with Gasteiger partial charge in [0.25, 0.3) is 0 Å². The fourth-order valence-corrected chi connectivity index (χ4v) is 0.928. The highest BCUT2D eigenvalue weighted by Gasteiger charge is 2.16. The monoisotopic (exact) mass is 179 g/mol. The maximum Gasteiger partial charge on any atom is 0.342 e. The number of rotatable bonds is 2. The summed E-state index contributed by atoms with van der Waals surface area (Å²) in [7, 11) is 1.60. The normalized spacial score (nSPS) is 9.31. The van der Waals surface area contributed by atoms with Crippen LogP contribution in [0.5, 0.6) is 0 Å². The molecule has 0 spiro atoms. The molecule has 13 heavy (non-hydrogen) atoms. The molecule has 0 fully saturated rings. The van der Waals surface area contributed by atoms with E-state index in [0.717, 1.165) is 0 Å². The van der Waals surface area contributed by atoms with Gasteiger partial charge in [-0.05, 0) is 6.92 Å². The maximum atomic E-state index is 11.2. The average Bonchev–Trinajstić information content (AvgIpc) is 2.47. The molecule has 68 valence electrons. The molecule has 1 aromatic rings. The van der Waals surface area contributed by atoms with Crippen LogP contribution in [0.15, 0.2) is 6.20 Å². The molecule has 1 rings (SSSR count). The van der Waals surface area contributed by atoms with Crippen molar-refractivity contribution in [3.05, 3.63) is 17.5 Å². The van der Waals surface area contributed by atoms with E-state index in [1.807, 2.05) is 6.07 Å². The lowest BCUT2D eigenvalue weighted by Crippen LogP contribution is -2.06. The minimum absolute atomic E-state index is 0.215. The number of nitriles is 1. The molecule has 5 heteroatoms. The van der Waals surface area contributed by atoms with E-state index in [4.69, 9.17) is 10.00 Å². The van der Waals surface area contributed by atoms with Crippen molar-refractivity contribution in [2.75, 3.05) is 6.61 Å². The summed E-state index contributed by atoms with van der Waals surface area (Å²) in [6.45, 7) is 2.00. The number of nitrogens with zero attached hydrogens (tertiary/aromatic N) is 3. The summed E-state index contributed by atoms with van der Waals surface area (Å²) in [4.78, 5) is 11.2. The first-order valence-electron chi connectivity index (χ1n) is 3.80. The molecule has 5 nitrogen and oxygen atoms in total. The first-order valence-corrected chi connectivity index (χ1v) is 3.80. The summed E-state index contributed by atoms with van der Waals surface area (Å²) >= 11 is 0. The Kier molecular flexibility index (Phi) is 2.65. The van der Waals surface area contributed by atoms with Crippen LogP contribution >= 0.6 is 0 Å². The average molecular weight is 179 g/mol. The van der Waals surface area contributed by atoms with Crippen molar-refractivity contribution >= 4 is 5.97 Å². The highest BCUT2D eigenvalue weighted by molar-refractivity contribution is 5.91. The zero-order valence-corrected chi connectivity index (χ0v) is 7.44. The van der Waals surface area contributed by atoms with E-state index in [9.17, 15) is 4.79 Å². The standard InChI is InChI=1S/C8H9N3O2/c1-3-13-8(12)6-5-10-11(2)7(6)4-9/h5H,3H2,1-2H3. The van der Waals surface area contributed by atoms with Crippen molar-refractivity contribution in [1.82, 2.24) is 9.78 Å². The van der Waals surface area contributed by atoms with Crippen LogP contribution < -0.4 is 0 Å². The van der Waals surface area contributed by atoms with Gasteiger partial charge in [-0.25, -0.2) is 4.79 Å². The van der Waals surface area contributed by atoms with E-state index in [2.05, 4.69) is 5.10 Å². The third kappa shape index (κ3) is 1.67. The van der Waals surface area contributed by atoms with Crippen LogP contribution in [0.4, 0.5) is 0 Å². The molecule has 0 aliphatic rings. The summed E-state index contributed by atoms with van der Waals surface area (Å²) in [6, 6.07) is 1.88. The number of ether oxygens (including phenoxy) is 1.